The molecule has 2 aromatic heterocycles. The summed E-state index contributed by atoms with van der Waals surface area (Å²) >= 11 is 5.85. The van der Waals surface area contributed by atoms with E-state index in [1.165, 1.54) is 7.11 Å². The average molecular weight is 550 g/mol. The third-order valence-corrected chi connectivity index (χ3v) is 7.17. The molecule has 0 saturated carbocycles. The highest BCUT2D eigenvalue weighted by atomic mass is 32.2. The largest absolute Gasteiger partial charge is 0.497 e. The van der Waals surface area contributed by atoms with Crippen molar-refractivity contribution < 1.29 is 17.9 Å². The van der Waals surface area contributed by atoms with E-state index in [2.05, 4.69) is 19.6 Å². The molecule has 2 aromatic carbocycles. The molecule has 0 aliphatic carbocycles. The van der Waals surface area contributed by atoms with Crippen molar-refractivity contribution in [1.29, 1.82) is 0 Å². The summed E-state index contributed by atoms with van der Waals surface area (Å²) in [4.78, 5) is 6.60. The minimum absolute atomic E-state index is 0.281. The summed E-state index contributed by atoms with van der Waals surface area (Å²) in [5.74, 6) is 1.14. The van der Waals surface area contributed by atoms with Gasteiger partial charge in [0, 0.05) is 35.5 Å². The first-order chi connectivity index (χ1) is 18.3. The highest BCUT2D eigenvalue weighted by Crippen LogP contribution is 2.44. The molecule has 1 aliphatic rings. The van der Waals surface area contributed by atoms with Crippen molar-refractivity contribution in [3.63, 3.8) is 0 Å². The lowest BCUT2D eigenvalue weighted by Gasteiger charge is -2.29. The summed E-state index contributed by atoms with van der Waals surface area (Å²) in [6.07, 6.45) is 4.84. The Bertz CT molecular complexity index is 1570. The summed E-state index contributed by atoms with van der Waals surface area (Å²) in [7, 11) is -0.416. The van der Waals surface area contributed by atoms with Crippen molar-refractivity contribution in [2.45, 2.75) is 12.1 Å². The molecule has 2 N–H and O–H groups in total. The van der Waals surface area contributed by atoms with E-state index >= 15 is 0 Å². The topological polar surface area (TPSA) is 97.7 Å². The number of hydrogen-bond acceptors (Lipinski definition) is 6. The molecule has 0 amide bonds. The van der Waals surface area contributed by atoms with Crippen LogP contribution in [0.2, 0.25) is 0 Å². The number of thiocarbonyl (C=S) groups is 1. The third-order valence-electron chi connectivity index (χ3n) is 6.27. The van der Waals surface area contributed by atoms with Crippen LogP contribution in [0.3, 0.4) is 0 Å². The smallest absolute Gasteiger partial charge is 0.229 e. The van der Waals surface area contributed by atoms with Crippen LogP contribution in [0.15, 0.2) is 85.2 Å². The van der Waals surface area contributed by atoms with Crippen LogP contribution in [0, 0.1) is 0 Å². The lowest BCUT2D eigenvalue weighted by Crippen LogP contribution is -2.30. The molecule has 0 radical (unpaired) electrons. The fourth-order valence-electron chi connectivity index (χ4n) is 4.69. The second-order valence-corrected chi connectivity index (χ2v) is 10.9. The maximum atomic E-state index is 12.1. The van der Waals surface area contributed by atoms with E-state index in [0.29, 0.717) is 22.2 Å². The molecule has 0 unspecified atom stereocenters. The molecule has 1 aliphatic heterocycles. The zero-order valence-electron chi connectivity index (χ0n) is 21.0. The second-order valence-electron chi connectivity index (χ2n) is 8.76. The molecule has 3 heterocycles. The summed E-state index contributed by atoms with van der Waals surface area (Å²) < 4.78 is 39.6. The highest BCUT2D eigenvalue weighted by Gasteiger charge is 2.42. The van der Waals surface area contributed by atoms with Crippen molar-refractivity contribution >= 4 is 38.7 Å². The van der Waals surface area contributed by atoms with Gasteiger partial charge in [0.05, 0.1) is 37.9 Å². The molecule has 5 rings (SSSR count). The number of rotatable bonds is 8. The van der Waals surface area contributed by atoms with Crippen LogP contribution in [0.25, 0.3) is 5.69 Å². The number of anilines is 2. The predicted molar refractivity (Wildman–Crippen MR) is 152 cm³/mol. The lowest BCUT2D eigenvalue weighted by atomic mass is 10.0. The van der Waals surface area contributed by atoms with Crippen molar-refractivity contribution in [2.75, 3.05) is 30.1 Å². The first-order valence-corrected chi connectivity index (χ1v) is 14.1. The average Bonchev–Trinajstić information content (AvgIpc) is 3.52. The van der Waals surface area contributed by atoms with Gasteiger partial charge in [0.1, 0.15) is 17.5 Å². The van der Waals surface area contributed by atoms with E-state index in [4.69, 9.17) is 21.7 Å². The van der Waals surface area contributed by atoms with Gasteiger partial charge in [-0.1, -0.05) is 12.1 Å². The monoisotopic (exact) mass is 549 g/mol. The zero-order chi connectivity index (χ0) is 26.9. The molecule has 2 atom stereocenters. The molecule has 11 heteroatoms. The van der Waals surface area contributed by atoms with Crippen LogP contribution in [-0.4, -0.2) is 43.6 Å². The van der Waals surface area contributed by atoms with Crippen LogP contribution in [-0.2, 0) is 10.0 Å². The van der Waals surface area contributed by atoms with Crippen LogP contribution in [0.4, 0.5) is 11.4 Å². The highest BCUT2D eigenvalue weighted by molar-refractivity contribution is 7.92. The van der Waals surface area contributed by atoms with Gasteiger partial charge in [0.15, 0.2) is 5.11 Å². The summed E-state index contributed by atoms with van der Waals surface area (Å²) in [6, 6.07) is 22.3. The van der Waals surface area contributed by atoms with Crippen LogP contribution in [0.5, 0.6) is 11.5 Å². The molecule has 9 nitrogen and oxygen atoms in total. The first-order valence-electron chi connectivity index (χ1n) is 11.8. The molecule has 0 spiro atoms. The van der Waals surface area contributed by atoms with Crippen molar-refractivity contribution in [3.05, 3.63) is 96.6 Å². The molecule has 0 bridgehead atoms. The number of hydrogen-bond donors (Lipinski definition) is 2. The molecule has 196 valence electrons. The number of aromatic nitrogens is 2. The Balaban J connectivity index is 1.67. The third kappa shape index (κ3) is 5.02. The van der Waals surface area contributed by atoms with Crippen molar-refractivity contribution in [3.8, 4) is 17.2 Å². The first kappa shape index (κ1) is 25.6. The van der Waals surface area contributed by atoms with Gasteiger partial charge < -0.3 is 24.3 Å². The van der Waals surface area contributed by atoms with Gasteiger partial charge >= 0.3 is 0 Å². The number of methoxy groups -OCH3 is 2. The molecular weight excluding hydrogens is 522 g/mol. The van der Waals surface area contributed by atoms with Gasteiger partial charge in [0.25, 0.3) is 0 Å². The number of ether oxygens (including phenoxy) is 2. The Morgan fingerprint density at radius 1 is 0.974 bits per heavy atom. The van der Waals surface area contributed by atoms with Crippen LogP contribution < -0.4 is 24.4 Å². The normalized spacial score (nSPS) is 17.2. The zero-order valence-corrected chi connectivity index (χ0v) is 22.7. The summed E-state index contributed by atoms with van der Waals surface area (Å²) in [6.45, 7) is 0. The van der Waals surface area contributed by atoms with E-state index in [-0.39, 0.29) is 12.1 Å². The Labute approximate surface area is 227 Å². The summed E-state index contributed by atoms with van der Waals surface area (Å²) in [5, 5.41) is 3.93. The maximum absolute atomic E-state index is 12.1. The van der Waals surface area contributed by atoms with Crippen molar-refractivity contribution in [1.82, 2.24) is 14.9 Å². The maximum Gasteiger partial charge on any atom is 0.229 e. The molecule has 38 heavy (non-hydrogen) atoms. The SMILES string of the molecule is COc1cccc(-n2cccc2[C@@H]2[C@@H](c3ccccn3)NC(=S)N2c2ccc(OC)c(NS(C)(=O)=O)c2)c1. The van der Waals surface area contributed by atoms with Gasteiger partial charge in [-0.25, -0.2) is 8.42 Å². The number of sulfonamides is 1. The van der Waals surface area contributed by atoms with Gasteiger partial charge in [0.2, 0.25) is 10.0 Å². The van der Waals surface area contributed by atoms with E-state index in [1.807, 2.05) is 71.8 Å². The Hall–Kier alpha value is -4.09. The number of benzene rings is 2. The Morgan fingerprint density at radius 2 is 1.82 bits per heavy atom. The van der Waals surface area contributed by atoms with E-state index < -0.39 is 10.0 Å². The Morgan fingerprint density at radius 3 is 2.53 bits per heavy atom. The summed E-state index contributed by atoms with van der Waals surface area (Å²) in [5.41, 5.74) is 3.71. The molecular formula is C27H27N5O4S2. The second kappa shape index (κ2) is 10.3. The standard InChI is InChI=1S/C27H27N5O4S2/c1-35-20-9-6-8-18(16-20)31-15-7-11-23(31)26-25(21-10-4-5-14-28-21)29-27(37)32(26)19-12-13-24(36-2)22(17-19)30-38(3,33)34/h4-17,25-26,30H,1-3H3,(H,29,37)/t25-,26-/m1/s1. The van der Waals surface area contributed by atoms with Gasteiger partial charge in [-0.2, -0.15) is 0 Å². The molecule has 1 saturated heterocycles. The van der Waals surface area contributed by atoms with Gasteiger partial charge in [-0.15, -0.1) is 0 Å². The fourth-order valence-corrected chi connectivity index (χ4v) is 5.59. The number of pyridine rings is 1. The number of nitrogens with zero attached hydrogens (tertiary/aromatic N) is 3. The van der Waals surface area contributed by atoms with Crippen LogP contribution >= 0.6 is 12.2 Å². The molecule has 1 fully saturated rings. The predicted octanol–water partition coefficient (Wildman–Crippen LogP) is 4.44. The van der Waals surface area contributed by atoms with E-state index in [0.717, 1.165) is 29.1 Å². The molecule has 4 aromatic rings. The van der Waals surface area contributed by atoms with Crippen LogP contribution in [0.1, 0.15) is 23.5 Å². The Kier molecular flexibility index (Phi) is 6.96. The lowest BCUT2D eigenvalue weighted by molar-refractivity contribution is 0.414. The number of nitrogens with one attached hydrogen (secondary N) is 2. The van der Waals surface area contributed by atoms with Gasteiger partial charge in [-0.3, -0.25) is 9.71 Å². The van der Waals surface area contributed by atoms with E-state index in [1.54, 1.807) is 25.4 Å². The van der Waals surface area contributed by atoms with E-state index in [9.17, 15) is 8.42 Å². The minimum atomic E-state index is -3.55. The van der Waals surface area contributed by atoms with Crippen molar-refractivity contribution in [2.24, 2.45) is 0 Å². The quantitative estimate of drug-likeness (QED) is 0.312. The minimum Gasteiger partial charge on any atom is -0.497 e. The van der Waals surface area contributed by atoms with Gasteiger partial charge in [-0.05, 0) is 66.8 Å². The fraction of sp³-hybridized carbons (Fsp3) is 0.185.